The number of phenolic OH excluding ortho intramolecular Hbond substituents is 1. The number of hydrogen-bond acceptors (Lipinski definition) is 4. The predicted octanol–water partition coefficient (Wildman–Crippen LogP) is 5.60. The molecular weight excluding hydrogens is 367 g/mol. The standard InChI is InChI=1S/C24H21FN2O2/c1-15-6-7-17-10-13-21(24(28)23(17)26-15)22(16-8-11-18(25)12-9-16)27-19-4-3-5-20(14-19)29-2/h3-14,22,27-28H,1-2H3. The Labute approximate surface area is 168 Å². The second-order valence-electron chi connectivity index (χ2n) is 6.89. The van der Waals surface area contributed by atoms with Crippen molar-refractivity contribution in [3.05, 3.63) is 95.4 Å². The van der Waals surface area contributed by atoms with Gasteiger partial charge in [0.2, 0.25) is 0 Å². The fourth-order valence-electron chi connectivity index (χ4n) is 3.40. The van der Waals surface area contributed by atoms with Crippen molar-refractivity contribution in [2.24, 2.45) is 0 Å². The Morgan fingerprint density at radius 1 is 1.00 bits per heavy atom. The van der Waals surface area contributed by atoms with Gasteiger partial charge in [-0.1, -0.05) is 36.4 Å². The van der Waals surface area contributed by atoms with E-state index >= 15 is 0 Å². The van der Waals surface area contributed by atoms with E-state index in [0.717, 1.165) is 22.3 Å². The van der Waals surface area contributed by atoms with Crippen molar-refractivity contribution in [1.29, 1.82) is 0 Å². The van der Waals surface area contributed by atoms with Gasteiger partial charge in [0.15, 0.2) is 0 Å². The highest BCUT2D eigenvalue weighted by molar-refractivity contribution is 5.86. The number of methoxy groups -OCH3 is 1. The van der Waals surface area contributed by atoms with Gasteiger partial charge in [-0.25, -0.2) is 9.37 Å². The van der Waals surface area contributed by atoms with Gasteiger partial charge in [-0.05, 0) is 42.8 Å². The third kappa shape index (κ3) is 3.85. The number of aromatic nitrogens is 1. The van der Waals surface area contributed by atoms with E-state index in [1.165, 1.54) is 12.1 Å². The van der Waals surface area contributed by atoms with Gasteiger partial charge in [-0.2, -0.15) is 0 Å². The highest BCUT2D eigenvalue weighted by Gasteiger charge is 2.20. The summed E-state index contributed by atoms with van der Waals surface area (Å²) < 4.78 is 18.8. The van der Waals surface area contributed by atoms with Gasteiger partial charge in [-0.3, -0.25) is 0 Å². The summed E-state index contributed by atoms with van der Waals surface area (Å²) in [5, 5.41) is 15.3. The SMILES string of the molecule is COc1cccc(NC(c2ccc(F)cc2)c2ccc3ccc(C)nc3c2O)c1. The number of aryl methyl sites for hydroxylation is 1. The van der Waals surface area contributed by atoms with Crippen molar-refractivity contribution in [2.75, 3.05) is 12.4 Å². The molecule has 0 saturated carbocycles. The molecule has 2 N–H and O–H groups in total. The topological polar surface area (TPSA) is 54.4 Å². The normalized spacial score (nSPS) is 12.0. The third-order valence-corrected chi connectivity index (χ3v) is 4.90. The van der Waals surface area contributed by atoms with E-state index in [-0.39, 0.29) is 11.6 Å². The van der Waals surface area contributed by atoms with Crippen LogP contribution < -0.4 is 10.1 Å². The van der Waals surface area contributed by atoms with Gasteiger partial charge < -0.3 is 15.2 Å². The summed E-state index contributed by atoms with van der Waals surface area (Å²) in [6.45, 7) is 1.89. The van der Waals surface area contributed by atoms with Crippen LogP contribution in [-0.2, 0) is 0 Å². The highest BCUT2D eigenvalue weighted by Crippen LogP contribution is 2.37. The van der Waals surface area contributed by atoms with Crippen LogP contribution in [0.2, 0.25) is 0 Å². The summed E-state index contributed by atoms with van der Waals surface area (Å²) >= 11 is 0. The first-order chi connectivity index (χ1) is 14.0. The molecule has 4 nitrogen and oxygen atoms in total. The van der Waals surface area contributed by atoms with E-state index in [1.807, 2.05) is 55.5 Å². The van der Waals surface area contributed by atoms with Crippen molar-refractivity contribution in [2.45, 2.75) is 13.0 Å². The molecule has 0 saturated heterocycles. The van der Waals surface area contributed by atoms with Crippen molar-refractivity contribution >= 4 is 16.6 Å². The summed E-state index contributed by atoms with van der Waals surface area (Å²) in [4.78, 5) is 4.50. The lowest BCUT2D eigenvalue weighted by atomic mass is 9.95. The first-order valence-corrected chi connectivity index (χ1v) is 9.30. The molecule has 0 amide bonds. The lowest BCUT2D eigenvalue weighted by Gasteiger charge is -2.23. The molecule has 0 bridgehead atoms. The smallest absolute Gasteiger partial charge is 0.147 e. The van der Waals surface area contributed by atoms with Crippen molar-refractivity contribution in [3.63, 3.8) is 0 Å². The monoisotopic (exact) mass is 388 g/mol. The molecule has 1 unspecified atom stereocenters. The molecule has 5 heteroatoms. The Hall–Kier alpha value is -3.60. The molecule has 4 rings (SSSR count). The lowest BCUT2D eigenvalue weighted by molar-refractivity contribution is 0.415. The molecule has 0 spiro atoms. The number of phenols is 1. The molecule has 3 aromatic carbocycles. The zero-order chi connectivity index (χ0) is 20.4. The third-order valence-electron chi connectivity index (χ3n) is 4.90. The van der Waals surface area contributed by atoms with E-state index in [2.05, 4.69) is 10.3 Å². The van der Waals surface area contributed by atoms with E-state index in [1.54, 1.807) is 19.2 Å². The van der Waals surface area contributed by atoms with E-state index in [9.17, 15) is 9.50 Å². The molecule has 0 aliphatic carbocycles. The van der Waals surface area contributed by atoms with Crippen LogP contribution in [0, 0.1) is 12.7 Å². The average molecular weight is 388 g/mol. The van der Waals surface area contributed by atoms with Gasteiger partial charge in [0.1, 0.15) is 22.8 Å². The maximum atomic E-state index is 13.5. The first kappa shape index (κ1) is 18.7. The number of halogens is 1. The second-order valence-corrected chi connectivity index (χ2v) is 6.89. The van der Waals surface area contributed by atoms with Crippen molar-refractivity contribution < 1.29 is 14.2 Å². The first-order valence-electron chi connectivity index (χ1n) is 9.30. The number of rotatable bonds is 5. The average Bonchev–Trinajstić information content (AvgIpc) is 2.74. The van der Waals surface area contributed by atoms with Crippen LogP contribution in [0.5, 0.6) is 11.5 Å². The van der Waals surface area contributed by atoms with Crippen LogP contribution in [0.25, 0.3) is 10.9 Å². The Balaban J connectivity index is 1.84. The molecule has 4 aromatic rings. The minimum absolute atomic E-state index is 0.107. The summed E-state index contributed by atoms with van der Waals surface area (Å²) in [6, 6.07) is 21.0. The number of nitrogens with one attached hydrogen (secondary N) is 1. The van der Waals surface area contributed by atoms with Crippen LogP contribution in [0.4, 0.5) is 10.1 Å². The maximum absolute atomic E-state index is 13.5. The number of anilines is 1. The van der Waals surface area contributed by atoms with Gasteiger partial charge in [0, 0.05) is 28.4 Å². The van der Waals surface area contributed by atoms with Crippen LogP contribution in [-0.4, -0.2) is 17.2 Å². The Morgan fingerprint density at radius 2 is 1.76 bits per heavy atom. The summed E-state index contributed by atoms with van der Waals surface area (Å²) in [6.07, 6.45) is 0. The molecule has 1 heterocycles. The summed E-state index contributed by atoms with van der Waals surface area (Å²) in [7, 11) is 1.61. The molecular formula is C24H21FN2O2. The summed E-state index contributed by atoms with van der Waals surface area (Å²) in [5.41, 5.74) is 3.66. The Bertz CT molecular complexity index is 1160. The number of fused-ring (bicyclic) bond motifs is 1. The largest absolute Gasteiger partial charge is 0.505 e. The van der Waals surface area contributed by atoms with Gasteiger partial charge in [-0.15, -0.1) is 0 Å². The molecule has 146 valence electrons. The minimum atomic E-state index is -0.408. The lowest BCUT2D eigenvalue weighted by Crippen LogP contribution is -2.13. The molecule has 1 aromatic heterocycles. The van der Waals surface area contributed by atoms with Crippen molar-refractivity contribution in [1.82, 2.24) is 4.98 Å². The van der Waals surface area contributed by atoms with Gasteiger partial charge in [0.25, 0.3) is 0 Å². The Kier molecular flexibility index (Phi) is 5.04. The zero-order valence-corrected chi connectivity index (χ0v) is 16.2. The number of ether oxygens (including phenoxy) is 1. The van der Waals surface area contributed by atoms with E-state index in [4.69, 9.17) is 4.74 Å². The molecule has 0 aliphatic rings. The highest BCUT2D eigenvalue weighted by atomic mass is 19.1. The quantitative estimate of drug-likeness (QED) is 0.467. The minimum Gasteiger partial charge on any atom is -0.505 e. The predicted molar refractivity (Wildman–Crippen MR) is 113 cm³/mol. The fourth-order valence-corrected chi connectivity index (χ4v) is 3.40. The molecule has 0 radical (unpaired) electrons. The van der Waals surface area contributed by atoms with Gasteiger partial charge >= 0.3 is 0 Å². The molecule has 29 heavy (non-hydrogen) atoms. The Morgan fingerprint density at radius 3 is 2.52 bits per heavy atom. The fraction of sp³-hybridized carbons (Fsp3) is 0.125. The van der Waals surface area contributed by atoms with Crippen molar-refractivity contribution in [3.8, 4) is 11.5 Å². The van der Waals surface area contributed by atoms with Crippen LogP contribution in [0.1, 0.15) is 22.9 Å². The molecule has 0 aliphatic heterocycles. The molecule has 1 atom stereocenters. The number of hydrogen-bond donors (Lipinski definition) is 2. The number of nitrogens with zero attached hydrogens (tertiary/aromatic N) is 1. The second kappa shape index (κ2) is 7.80. The number of benzene rings is 3. The van der Waals surface area contributed by atoms with Gasteiger partial charge in [0.05, 0.1) is 13.2 Å². The molecule has 0 fully saturated rings. The van der Waals surface area contributed by atoms with E-state index < -0.39 is 6.04 Å². The van der Waals surface area contributed by atoms with Crippen LogP contribution in [0.15, 0.2) is 72.8 Å². The summed E-state index contributed by atoms with van der Waals surface area (Å²) in [5.74, 6) is 0.512. The van der Waals surface area contributed by atoms with Crippen LogP contribution >= 0.6 is 0 Å². The maximum Gasteiger partial charge on any atom is 0.147 e. The zero-order valence-electron chi connectivity index (χ0n) is 16.2. The van der Waals surface area contributed by atoms with Crippen LogP contribution in [0.3, 0.4) is 0 Å². The number of pyridine rings is 1. The number of aromatic hydroxyl groups is 1. The van der Waals surface area contributed by atoms with E-state index in [0.29, 0.717) is 16.8 Å².